The molecule has 0 amide bonds. The fourth-order valence-corrected chi connectivity index (χ4v) is 2.89. The Hall–Kier alpha value is -1.91. The minimum atomic E-state index is 0.572. The monoisotopic (exact) mass is 270 g/mol. The molecule has 0 fully saturated rings. The third kappa shape index (κ3) is 2.75. The average molecular weight is 270 g/mol. The van der Waals surface area contributed by atoms with Gasteiger partial charge >= 0.3 is 0 Å². The van der Waals surface area contributed by atoms with E-state index >= 15 is 0 Å². The Kier molecular flexibility index (Phi) is 3.44. The summed E-state index contributed by atoms with van der Waals surface area (Å²) in [7, 11) is 0. The van der Waals surface area contributed by atoms with Crippen molar-refractivity contribution in [2.75, 3.05) is 0 Å². The van der Waals surface area contributed by atoms with Gasteiger partial charge in [-0.2, -0.15) is 0 Å². The molecule has 2 N–H and O–H groups in total. The van der Waals surface area contributed by atoms with Gasteiger partial charge in [-0.3, -0.25) is 4.98 Å². The second kappa shape index (κ2) is 5.38. The summed E-state index contributed by atoms with van der Waals surface area (Å²) in [6, 6.07) is 12.3. The van der Waals surface area contributed by atoms with Gasteiger partial charge in [-0.1, -0.05) is 6.07 Å². The maximum absolute atomic E-state index is 5.70. The molecule has 2 aromatic heterocycles. The van der Waals surface area contributed by atoms with Crippen LogP contribution >= 0.6 is 11.3 Å². The molecule has 2 heterocycles. The van der Waals surface area contributed by atoms with E-state index in [1.165, 1.54) is 15.0 Å². The number of fused-ring (bicyclic) bond motifs is 1. The van der Waals surface area contributed by atoms with E-state index in [1.54, 1.807) is 23.7 Å². The van der Waals surface area contributed by atoms with Crippen molar-refractivity contribution < 1.29 is 4.74 Å². The molecule has 3 nitrogen and oxygen atoms in total. The van der Waals surface area contributed by atoms with Crippen LogP contribution in [0.5, 0.6) is 5.75 Å². The molecule has 0 spiro atoms. The van der Waals surface area contributed by atoms with Crippen LogP contribution in [-0.4, -0.2) is 4.98 Å². The van der Waals surface area contributed by atoms with Gasteiger partial charge in [0.2, 0.25) is 0 Å². The van der Waals surface area contributed by atoms with E-state index in [2.05, 4.69) is 29.2 Å². The summed E-state index contributed by atoms with van der Waals surface area (Å²) < 4.78 is 6.97. The average Bonchev–Trinajstić information content (AvgIpc) is 2.88. The lowest BCUT2D eigenvalue weighted by atomic mass is 10.1. The standard InChI is InChI=1S/C15H14N2OS/c16-8-11-3-4-15-12(6-11)7-14(19-15)10-18-13-2-1-5-17-9-13/h1-7,9H,8,10,16H2. The van der Waals surface area contributed by atoms with Gasteiger partial charge in [0.15, 0.2) is 0 Å². The number of aromatic nitrogens is 1. The number of nitrogens with zero attached hydrogens (tertiary/aromatic N) is 1. The SMILES string of the molecule is NCc1ccc2sc(COc3cccnc3)cc2c1. The van der Waals surface area contributed by atoms with E-state index in [9.17, 15) is 0 Å². The lowest BCUT2D eigenvalue weighted by Gasteiger charge is -2.02. The molecule has 0 aliphatic heterocycles. The Balaban J connectivity index is 1.78. The number of rotatable bonds is 4. The molecule has 0 aliphatic rings. The molecule has 0 unspecified atom stereocenters. The maximum Gasteiger partial charge on any atom is 0.138 e. The highest BCUT2D eigenvalue weighted by molar-refractivity contribution is 7.19. The second-order valence-corrected chi connectivity index (χ2v) is 5.43. The molecule has 0 aliphatic carbocycles. The fourth-order valence-electron chi connectivity index (χ4n) is 1.93. The highest BCUT2D eigenvalue weighted by atomic mass is 32.1. The summed E-state index contributed by atoms with van der Waals surface area (Å²) in [4.78, 5) is 5.23. The maximum atomic E-state index is 5.70. The van der Waals surface area contributed by atoms with Crippen molar-refractivity contribution >= 4 is 21.4 Å². The van der Waals surface area contributed by atoms with Gasteiger partial charge in [0.1, 0.15) is 12.4 Å². The number of benzene rings is 1. The number of pyridine rings is 1. The summed E-state index contributed by atoms with van der Waals surface area (Å²) in [5, 5.41) is 1.23. The van der Waals surface area contributed by atoms with Crippen LogP contribution in [0.3, 0.4) is 0 Å². The van der Waals surface area contributed by atoms with E-state index in [0.717, 1.165) is 11.3 Å². The molecule has 0 atom stereocenters. The summed E-state index contributed by atoms with van der Waals surface area (Å²) in [6.45, 7) is 1.15. The first-order valence-electron chi connectivity index (χ1n) is 6.09. The first kappa shape index (κ1) is 12.1. The summed E-state index contributed by atoms with van der Waals surface area (Å²) >= 11 is 1.75. The van der Waals surface area contributed by atoms with Crippen molar-refractivity contribution in [3.05, 3.63) is 59.2 Å². The molecule has 3 rings (SSSR count). The van der Waals surface area contributed by atoms with Crippen LogP contribution in [0.2, 0.25) is 0 Å². The zero-order valence-corrected chi connectivity index (χ0v) is 11.2. The molecule has 0 radical (unpaired) electrons. The molecule has 19 heavy (non-hydrogen) atoms. The molecular formula is C15H14N2OS. The molecule has 3 aromatic rings. The van der Waals surface area contributed by atoms with Gasteiger partial charge in [0.05, 0.1) is 6.20 Å². The number of hydrogen-bond acceptors (Lipinski definition) is 4. The van der Waals surface area contributed by atoms with Crippen molar-refractivity contribution in [1.29, 1.82) is 0 Å². The zero-order chi connectivity index (χ0) is 13.1. The quantitative estimate of drug-likeness (QED) is 0.791. The highest BCUT2D eigenvalue weighted by Crippen LogP contribution is 2.27. The molecule has 1 aromatic carbocycles. The number of hydrogen-bond donors (Lipinski definition) is 1. The van der Waals surface area contributed by atoms with Gasteiger partial charge < -0.3 is 10.5 Å². The number of thiophene rings is 1. The summed E-state index contributed by atoms with van der Waals surface area (Å²) in [6.07, 6.45) is 3.46. The van der Waals surface area contributed by atoms with Gasteiger partial charge in [-0.15, -0.1) is 11.3 Å². The van der Waals surface area contributed by atoms with Crippen LogP contribution in [0.1, 0.15) is 10.4 Å². The van der Waals surface area contributed by atoms with Crippen molar-refractivity contribution in [2.24, 2.45) is 5.73 Å². The van der Waals surface area contributed by atoms with E-state index in [1.807, 2.05) is 12.1 Å². The topological polar surface area (TPSA) is 48.1 Å². The summed E-state index contributed by atoms with van der Waals surface area (Å²) in [5.74, 6) is 0.794. The third-order valence-corrected chi connectivity index (χ3v) is 3.97. The molecular weight excluding hydrogens is 256 g/mol. The van der Waals surface area contributed by atoms with Crippen molar-refractivity contribution in [3.63, 3.8) is 0 Å². The molecule has 96 valence electrons. The molecule has 4 heteroatoms. The van der Waals surface area contributed by atoms with Gasteiger partial charge in [-0.05, 0) is 41.3 Å². The first-order valence-corrected chi connectivity index (χ1v) is 6.91. The van der Waals surface area contributed by atoms with Crippen LogP contribution in [0.25, 0.3) is 10.1 Å². The van der Waals surface area contributed by atoms with Crippen LogP contribution in [0.4, 0.5) is 0 Å². The van der Waals surface area contributed by atoms with E-state index < -0.39 is 0 Å². The zero-order valence-electron chi connectivity index (χ0n) is 10.4. The Morgan fingerprint density at radius 3 is 2.95 bits per heavy atom. The highest BCUT2D eigenvalue weighted by Gasteiger charge is 2.03. The number of nitrogens with two attached hydrogens (primary N) is 1. The molecule has 0 bridgehead atoms. The number of ether oxygens (including phenoxy) is 1. The van der Waals surface area contributed by atoms with Crippen LogP contribution < -0.4 is 10.5 Å². The Morgan fingerprint density at radius 2 is 2.16 bits per heavy atom. The van der Waals surface area contributed by atoms with Crippen LogP contribution in [0, 0.1) is 0 Å². The van der Waals surface area contributed by atoms with Crippen LogP contribution in [0.15, 0.2) is 48.8 Å². The normalized spacial score (nSPS) is 10.8. The Bertz CT molecular complexity index is 679. The fraction of sp³-hybridized carbons (Fsp3) is 0.133. The second-order valence-electron chi connectivity index (χ2n) is 4.27. The van der Waals surface area contributed by atoms with Crippen molar-refractivity contribution in [2.45, 2.75) is 13.2 Å². The third-order valence-electron chi connectivity index (χ3n) is 2.88. The predicted molar refractivity (Wildman–Crippen MR) is 78.3 cm³/mol. The van der Waals surface area contributed by atoms with E-state index in [0.29, 0.717) is 13.2 Å². The largest absolute Gasteiger partial charge is 0.486 e. The summed E-state index contributed by atoms with van der Waals surface area (Å²) in [5.41, 5.74) is 6.81. The van der Waals surface area contributed by atoms with E-state index in [-0.39, 0.29) is 0 Å². The van der Waals surface area contributed by atoms with Crippen LogP contribution in [-0.2, 0) is 13.2 Å². The minimum Gasteiger partial charge on any atom is -0.486 e. The molecule has 0 saturated heterocycles. The minimum absolute atomic E-state index is 0.572. The van der Waals surface area contributed by atoms with Gasteiger partial charge in [-0.25, -0.2) is 0 Å². The van der Waals surface area contributed by atoms with E-state index in [4.69, 9.17) is 10.5 Å². The first-order chi connectivity index (χ1) is 9.35. The molecule has 0 saturated carbocycles. The van der Waals surface area contributed by atoms with Crippen molar-refractivity contribution in [3.8, 4) is 5.75 Å². The lowest BCUT2D eigenvalue weighted by molar-refractivity contribution is 0.308. The Morgan fingerprint density at radius 1 is 1.21 bits per heavy atom. The van der Waals surface area contributed by atoms with Gasteiger partial charge in [0.25, 0.3) is 0 Å². The Labute approximate surface area is 115 Å². The smallest absolute Gasteiger partial charge is 0.138 e. The predicted octanol–water partition coefficient (Wildman–Crippen LogP) is 3.33. The van der Waals surface area contributed by atoms with Gasteiger partial charge in [0, 0.05) is 22.3 Å². The van der Waals surface area contributed by atoms with Crippen molar-refractivity contribution in [1.82, 2.24) is 4.98 Å². The lowest BCUT2D eigenvalue weighted by Crippen LogP contribution is -1.94.